The number of rotatable bonds is 13. The number of hydrogen-bond donors (Lipinski definition) is 1. The van der Waals surface area contributed by atoms with Crippen LogP contribution in [0.5, 0.6) is 17.2 Å². The molecule has 1 atom stereocenters. The summed E-state index contributed by atoms with van der Waals surface area (Å²) in [5.74, 6) is 0.321. The molecule has 0 radical (unpaired) electrons. The number of ether oxygens (including phenoxy) is 3. The van der Waals surface area contributed by atoms with Gasteiger partial charge in [0.2, 0.25) is 0 Å². The van der Waals surface area contributed by atoms with Crippen molar-refractivity contribution in [3.63, 3.8) is 0 Å². The molecule has 1 amide bonds. The molecule has 206 valence electrons. The predicted octanol–water partition coefficient (Wildman–Crippen LogP) is 4.89. The van der Waals surface area contributed by atoms with E-state index in [0.29, 0.717) is 67.1 Å². The van der Waals surface area contributed by atoms with Gasteiger partial charge in [0.25, 0.3) is 11.7 Å². The largest absolute Gasteiger partial charge is 0.507 e. The Bertz CT molecular complexity index is 1160. The van der Waals surface area contributed by atoms with E-state index in [1.165, 1.54) is 0 Å². The van der Waals surface area contributed by atoms with E-state index in [-0.39, 0.29) is 11.3 Å². The first-order chi connectivity index (χ1) is 18.2. The van der Waals surface area contributed by atoms with Crippen LogP contribution < -0.4 is 14.2 Å². The maximum atomic E-state index is 13.4. The van der Waals surface area contributed by atoms with E-state index >= 15 is 0 Å². The fraction of sp³-hybridized carbons (Fsp3) is 0.467. The van der Waals surface area contributed by atoms with Crippen molar-refractivity contribution in [2.45, 2.75) is 40.2 Å². The SMILES string of the molecule is CCOc1ccc(/C(O)=C2\C(=O)C(=O)N(CCCN(C)C)C2c2cccc(OCC(C)C)c2)c(OCC)c1. The monoisotopic (exact) mass is 524 g/mol. The summed E-state index contributed by atoms with van der Waals surface area (Å²) in [5.41, 5.74) is 1.06. The van der Waals surface area contributed by atoms with Crippen LogP contribution in [0.4, 0.5) is 0 Å². The van der Waals surface area contributed by atoms with Crippen molar-refractivity contribution in [2.75, 3.05) is 47.0 Å². The van der Waals surface area contributed by atoms with Gasteiger partial charge in [-0.25, -0.2) is 0 Å². The first-order valence-corrected chi connectivity index (χ1v) is 13.2. The lowest BCUT2D eigenvalue weighted by atomic mass is 9.94. The Morgan fingerprint density at radius 3 is 2.37 bits per heavy atom. The number of hydrogen-bond acceptors (Lipinski definition) is 7. The molecule has 1 aliphatic rings. The van der Waals surface area contributed by atoms with Crippen LogP contribution in [0.15, 0.2) is 48.0 Å². The number of likely N-dealkylation sites (tertiary alicyclic amines) is 1. The molecular formula is C30H40N2O6. The highest BCUT2D eigenvalue weighted by Gasteiger charge is 2.46. The molecule has 2 aromatic rings. The van der Waals surface area contributed by atoms with Gasteiger partial charge >= 0.3 is 0 Å². The summed E-state index contributed by atoms with van der Waals surface area (Å²) in [4.78, 5) is 30.3. The van der Waals surface area contributed by atoms with Gasteiger partial charge < -0.3 is 29.1 Å². The minimum Gasteiger partial charge on any atom is -0.507 e. The van der Waals surface area contributed by atoms with Crippen LogP contribution in [0.3, 0.4) is 0 Å². The Morgan fingerprint density at radius 2 is 1.71 bits per heavy atom. The van der Waals surface area contributed by atoms with Gasteiger partial charge in [0, 0.05) is 12.6 Å². The molecule has 0 bridgehead atoms. The van der Waals surface area contributed by atoms with Gasteiger partial charge in [-0.2, -0.15) is 0 Å². The molecular weight excluding hydrogens is 484 g/mol. The van der Waals surface area contributed by atoms with Crippen LogP contribution in [0.2, 0.25) is 0 Å². The molecule has 8 heteroatoms. The lowest BCUT2D eigenvalue weighted by Gasteiger charge is -2.26. The molecule has 1 saturated heterocycles. The second-order valence-corrected chi connectivity index (χ2v) is 9.95. The molecule has 1 heterocycles. The van der Waals surface area contributed by atoms with Crippen molar-refractivity contribution >= 4 is 17.4 Å². The molecule has 38 heavy (non-hydrogen) atoms. The fourth-order valence-corrected chi connectivity index (χ4v) is 4.43. The standard InChI is InChI=1S/C30H40N2O6/c1-7-36-23-13-14-24(25(18-23)37-8-2)28(33)26-27(21-11-9-12-22(17-21)38-19-20(3)4)32(30(35)29(26)34)16-10-15-31(5)6/h9,11-14,17-18,20,27,33H,7-8,10,15-16,19H2,1-6H3/b28-26+. The van der Waals surface area contributed by atoms with Crippen molar-refractivity contribution in [1.82, 2.24) is 9.80 Å². The van der Waals surface area contributed by atoms with E-state index in [1.54, 1.807) is 23.1 Å². The minimum atomic E-state index is -0.763. The summed E-state index contributed by atoms with van der Waals surface area (Å²) in [6.45, 7) is 10.3. The van der Waals surface area contributed by atoms with Crippen molar-refractivity contribution in [1.29, 1.82) is 0 Å². The van der Waals surface area contributed by atoms with Gasteiger partial charge in [-0.3, -0.25) is 9.59 Å². The maximum absolute atomic E-state index is 13.4. The molecule has 8 nitrogen and oxygen atoms in total. The quantitative estimate of drug-likeness (QED) is 0.227. The lowest BCUT2D eigenvalue weighted by molar-refractivity contribution is -0.139. The van der Waals surface area contributed by atoms with Gasteiger partial charge in [0.05, 0.1) is 37.0 Å². The molecule has 0 saturated carbocycles. The molecule has 0 aromatic heterocycles. The molecule has 0 spiro atoms. The van der Waals surface area contributed by atoms with Crippen molar-refractivity contribution in [3.8, 4) is 17.2 Å². The lowest BCUT2D eigenvalue weighted by Crippen LogP contribution is -2.32. The highest BCUT2D eigenvalue weighted by Crippen LogP contribution is 2.42. The first kappa shape index (κ1) is 29.0. The predicted molar refractivity (Wildman–Crippen MR) is 148 cm³/mol. The van der Waals surface area contributed by atoms with E-state index in [0.717, 1.165) is 6.54 Å². The summed E-state index contributed by atoms with van der Waals surface area (Å²) >= 11 is 0. The van der Waals surface area contributed by atoms with Crippen LogP contribution in [0.25, 0.3) is 5.76 Å². The summed E-state index contributed by atoms with van der Waals surface area (Å²) < 4.78 is 17.3. The maximum Gasteiger partial charge on any atom is 0.295 e. The van der Waals surface area contributed by atoms with Crippen molar-refractivity contribution in [3.05, 3.63) is 59.2 Å². The van der Waals surface area contributed by atoms with E-state index < -0.39 is 17.7 Å². The Hall–Kier alpha value is -3.52. The molecule has 2 aromatic carbocycles. The van der Waals surface area contributed by atoms with Crippen molar-refractivity contribution < 1.29 is 28.9 Å². The van der Waals surface area contributed by atoms with Crippen LogP contribution in [-0.4, -0.2) is 73.6 Å². The number of ketones is 1. The summed E-state index contributed by atoms with van der Waals surface area (Å²) in [5, 5.41) is 11.6. The average Bonchev–Trinajstić information content (AvgIpc) is 3.13. The summed E-state index contributed by atoms with van der Waals surface area (Å²) in [7, 11) is 3.92. The van der Waals surface area contributed by atoms with E-state index in [4.69, 9.17) is 14.2 Å². The number of amides is 1. The Morgan fingerprint density at radius 1 is 1.00 bits per heavy atom. The number of benzene rings is 2. The summed E-state index contributed by atoms with van der Waals surface area (Å²) in [6, 6.07) is 11.7. The number of carbonyl (C=O) groups excluding carboxylic acids is 2. The van der Waals surface area contributed by atoms with Gasteiger partial charge in [-0.1, -0.05) is 26.0 Å². The second-order valence-electron chi connectivity index (χ2n) is 9.95. The second kappa shape index (κ2) is 13.3. The molecule has 0 aliphatic carbocycles. The highest BCUT2D eigenvalue weighted by molar-refractivity contribution is 6.46. The van der Waals surface area contributed by atoms with Gasteiger partial charge in [-0.05, 0) is 76.7 Å². The fourth-order valence-electron chi connectivity index (χ4n) is 4.43. The van der Waals surface area contributed by atoms with Crippen LogP contribution >= 0.6 is 0 Å². The Kier molecular flexibility index (Phi) is 10.2. The Balaban J connectivity index is 2.14. The van der Waals surface area contributed by atoms with Crippen LogP contribution in [0, 0.1) is 5.92 Å². The number of aliphatic hydroxyl groups excluding tert-OH is 1. The van der Waals surface area contributed by atoms with Crippen molar-refractivity contribution in [2.24, 2.45) is 5.92 Å². The number of Topliss-reactive ketones (excluding diaryl/α,β-unsaturated/α-hetero) is 1. The molecule has 1 aliphatic heterocycles. The van der Waals surface area contributed by atoms with Gasteiger partial charge in [0.15, 0.2) is 0 Å². The molecule has 1 fully saturated rings. The molecule has 1 N–H and O–H groups in total. The zero-order valence-corrected chi connectivity index (χ0v) is 23.3. The van der Waals surface area contributed by atoms with E-state index in [9.17, 15) is 14.7 Å². The normalized spacial score (nSPS) is 16.9. The topological polar surface area (TPSA) is 88.5 Å². The number of aliphatic hydroxyl groups is 1. The van der Waals surface area contributed by atoms with Crippen LogP contribution in [0.1, 0.15) is 51.3 Å². The third-order valence-electron chi connectivity index (χ3n) is 6.12. The average molecular weight is 525 g/mol. The summed E-state index contributed by atoms with van der Waals surface area (Å²) in [6.07, 6.45) is 0.674. The van der Waals surface area contributed by atoms with Gasteiger partial charge in [0.1, 0.15) is 23.0 Å². The number of carbonyl (C=O) groups is 2. The highest BCUT2D eigenvalue weighted by atomic mass is 16.5. The number of nitrogens with zero attached hydrogens (tertiary/aromatic N) is 2. The van der Waals surface area contributed by atoms with E-state index in [2.05, 4.69) is 13.8 Å². The molecule has 1 unspecified atom stereocenters. The zero-order valence-electron chi connectivity index (χ0n) is 23.3. The Labute approximate surface area is 225 Å². The smallest absolute Gasteiger partial charge is 0.295 e. The van der Waals surface area contributed by atoms with E-state index in [1.807, 2.05) is 57.1 Å². The first-order valence-electron chi connectivity index (χ1n) is 13.2. The third kappa shape index (κ3) is 6.86. The molecule has 3 rings (SSSR count). The minimum absolute atomic E-state index is 0.0333. The zero-order chi connectivity index (χ0) is 27.8. The van der Waals surface area contributed by atoms with Crippen LogP contribution in [-0.2, 0) is 9.59 Å². The third-order valence-corrected chi connectivity index (χ3v) is 6.12. The van der Waals surface area contributed by atoms with Gasteiger partial charge in [-0.15, -0.1) is 0 Å².